The van der Waals surface area contributed by atoms with Crippen molar-refractivity contribution in [1.82, 2.24) is 30.7 Å². The van der Waals surface area contributed by atoms with Crippen molar-refractivity contribution in [3.8, 4) is 11.6 Å². The lowest BCUT2D eigenvalue weighted by molar-refractivity contribution is -0.129. The molecule has 3 heterocycles. The summed E-state index contributed by atoms with van der Waals surface area (Å²) in [5.74, 6) is 2.69. The summed E-state index contributed by atoms with van der Waals surface area (Å²) in [7, 11) is 1.72. The van der Waals surface area contributed by atoms with Crippen LogP contribution in [-0.2, 0) is 11.3 Å². The van der Waals surface area contributed by atoms with E-state index in [0.29, 0.717) is 42.9 Å². The number of nitrogens with one attached hydrogen (secondary N) is 3. The minimum absolute atomic E-state index is 0.194. The van der Waals surface area contributed by atoms with E-state index < -0.39 is 0 Å². The van der Waals surface area contributed by atoms with Crippen molar-refractivity contribution in [3.05, 3.63) is 24.2 Å². The number of guanidine groups is 1. The third-order valence-electron chi connectivity index (χ3n) is 4.10. The second-order valence-corrected chi connectivity index (χ2v) is 5.83. The number of hydrogen-bond acceptors (Lipinski definition) is 5. The fourth-order valence-electron chi connectivity index (χ4n) is 2.77. The fourth-order valence-corrected chi connectivity index (χ4v) is 2.77. The number of hydrogen-bond donors (Lipinski definition) is 3. The highest BCUT2D eigenvalue weighted by Crippen LogP contribution is 2.14. The quantitative estimate of drug-likeness (QED) is 0.544. The lowest BCUT2D eigenvalue weighted by Gasteiger charge is -2.18. The molecule has 3 rings (SSSR count). The van der Waals surface area contributed by atoms with Crippen LogP contribution in [0.15, 0.2) is 27.8 Å². The van der Waals surface area contributed by atoms with E-state index in [1.807, 2.05) is 17.9 Å². The molecule has 9 nitrogen and oxygen atoms in total. The first-order valence-electron chi connectivity index (χ1n) is 8.39. The minimum atomic E-state index is 0.194. The molecule has 0 spiro atoms. The van der Waals surface area contributed by atoms with Gasteiger partial charge < -0.3 is 20.0 Å². The van der Waals surface area contributed by atoms with Crippen LogP contribution in [0, 0.1) is 0 Å². The number of furan rings is 1. The number of aromatic nitrogens is 3. The van der Waals surface area contributed by atoms with Gasteiger partial charge in [0.15, 0.2) is 11.7 Å². The summed E-state index contributed by atoms with van der Waals surface area (Å²) >= 11 is 0. The molecule has 0 aromatic carbocycles. The van der Waals surface area contributed by atoms with Crippen molar-refractivity contribution in [3.63, 3.8) is 0 Å². The van der Waals surface area contributed by atoms with Crippen LogP contribution < -0.4 is 10.6 Å². The number of amides is 1. The van der Waals surface area contributed by atoms with E-state index in [4.69, 9.17) is 4.42 Å². The maximum atomic E-state index is 11.8. The second kappa shape index (κ2) is 7.82. The Hall–Kier alpha value is -2.84. The Morgan fingerprint density at radius 3 is 3.16 bits per heavy atom. The average Bonchev–Trinajstić information content (AvgIpc) is 3.38. The van der Waals surface area contributed by atoms with E-state index in [1.54, 1.807) is 19.4 Å². The van der Waals surface area contributed by atoms with Crippen molar-refractivity contribution in [2.75, 3.05) is 20.1 Å². The van der Waals surface area contributed by atoms with Crippen LogP contribution in [0.25, 0.3) is 11.6 Å². The van der Waals surface area contributed by atoms with Gasteiger partial charge in [0.1, 0.15) is 5.82 Å². The van der Waals surface area contributed by atoms with Crippen LogP contribution >= 0.6 is 0 Å². The van der Waals surface area contributed by atoms with Gasteiger partial charge in [-0.15, -0.1) is 5.10 Å². The van der Waals surface area contributed by atoms with Gasteiger partial charge in [0.2, 0.25) is 11.7 Å². The van der Waals surface area contributed by atoms with Gasteiger partial charge in [0.05, 0.1) is 12.8 Å². The van der Waals surface area contributed by atoms with Crippen molar-refractivity contribution >= 4 is 11.9 Å². The molecule has 25 heavy (non-hydrogen) atoms. The van der Waals surface area contributed by atoms with Crippen molar-refractivity contribution in [1.29, 1.82) is 0 Å². The highest BCUT2D eigenvalue weighted by atomic mass is 16.3. The van der Waals surface area contributed by atoms with E-state index in [2.05, 4.69) is 30.8 Å². The van der Waals surface area contributed by atoms with Gasteiger partial charge in [0, 0.05) is 32.6 Å². The predicted molar refractivity (Wildman–Crippen MR) is 92.7 cm³/mol. The molecule has 0 saturated carbocycles. The third-order valence-corrected chi connectivity index (χ3v) is 4.10. The number of rotatable bonds is 5. The van der Waals surface area contributed by atoms with Crippen LogP contribution in [0.4, 0.5) is 0 Å². The molecule has 9 heteroatoms. The number of aliphatic imine (C=N–C) groups is 1. The average molecular weight is 345 g/mol. The van der Waals surface area contributed by atoms with Crippen LogP contribution in [-0.4, -0.2) is 58.1 Å². The molecule has 2 aromatic heterocycles. The number of carbonyl (C=O) groups excluding carboxylic acids is 1. The number of H-pyrrole nitrogens is 1. The zero-order chi connectivity index (χ0) is 17.6. The lowest BCUT2D eigenvalue weighted by Crippen LogP contribution is -2.44. The molecule has 0 bridgehead atoms. The zero-order valence-corrected chi connectivity index (χ0v) is 14.5. The zero-order valence-electron chi connectivity index (χ0n) is 14.5. The molecule has 1 atom stereocenters. The maximum absolute atomic E-state index is 11.8. The molecule has 0 radical (unpaired) electrons. The normalized spacial score (nSPS) is 17.8. The summed E-state index contributed by atoms with van der Waals surface area (Å²) in [5.41, 5.74) is 0. The summed E-state index contributed by atoms with van der Waals surface area (Å²) in [5, 5.41) is 13.6. The molecule has 1 fully saturated rings. The summed E-state index contributed by atoms with van der Waals surface area (Å²) in [4.78, 5) is 22.2. The molecule has 1 aliphatic heterocycles. The molecule has 1 aliphatic rings. The summed E-state index contributed by atoms with van der Waals surface area (Å²) in [6.07, 6.45) is 3.05. The number of carbonyl (C=O) groups is 1. The van der Waals surface area contributed by atoms with Crippen LogP contribution in [0.2, 0.25) is 0 Å². The molecule has 1 saturated heterocycles. The van der Waals surface area contributed by atoms with Gasteiger partial charge in [-0.2, -0.15) is 0 Å². The number of nitrogens with zero attached hydrogens (tertiary/aromatic N) is 4. The molecule has 134 valence electrons. The van der Waals surface area contributed by atoms with Gasteiger partial charge in [0.25, 0.3) is 0 Å². The first-order chi connectivity index (χ1) is 12.2. The molecule has 2 aromatic rings. The van der Waals surface area contributed by atoms with E-state index in [0.717, 1.165) is 13.0 Å². The summed E-state index contributed by atoms with van der Waals surface area (Å²) < 4.78 is 5.27. The Morgan fingerprint density at radius 1 is 1.56 bits per heavy atom. The van der Waals surface area contributed by atoms with E-state index >= 15 is 0 Å². The fraction of sp³-hybridized carbons (Fsp3) is 0.500. The standard InChI is InChI=1S/C16H23N7O2/c1-3-14(24)23-7-6-11(10-23)19-16(17-2)18-9-13-20-15(22-21-13)12-5-4-8-25-12/h4-5,8,11H,3,6-7,9-10H2,1-2H3,(H2,17,18,19)(H,20,21,22). The Balaban J connectivity index is 1.49. The monoisotopic (exact) mass is 345 g/mol. The number of aromatic amines is 1. The molecule has 0 aliphatic carbocycles. The molecular formula is C16H23N7O2. The first kappa shape index (κ1) is 17.0. The SMILES string of the molecule is CCC(=O)N1CCC(NC(=NC)NCc2nc(-c3ccco3)n[nH]2)C1. The Labute approximate surface area is 145 Å². The lowest BCUT2D eigenvalue weighted by atomic mass is 10.3. The minimum Gasteiger partial charge on any atom is -0.461 e. The molecule has 3 N–H and O–H groups in total. The topological polar surface area (TPSA) is 111 Å². The summed E-state index contributed by atoms with van der Waals surface area (Å²) in [6, 6.07) is 3.81. The van der Waals surface area contributed by atoms with E-state index in [1.165, 1.54) is 0 Å². The van der Waals surface area contributed by atoms with Gasteiger partial charge in [-0.05, 0) is 18.6 Å². The highest BCUT2D eigenvalue weighted by Gasteiger charge is 2.25. The number of likely N-dealkylation sites (tertiary alicyclic amines) is 1. The van der Waals surface area contributed by atoms with Gasteiger partial charge in [-0.3, -0.25) is 14.9 Å². The molecule has 1 amide bonds. The smallest absolute Gasteiger partial charge is 0.222 e. The second-order valence-electron chi connectivity index (χ2n) is 5.83. The Kier molecular flexibility index (Phi) is 5.32. The van der Waals surface area contributed by atoms with Gasteiger partial charge >= 0.3 is 0 Å². The van der Waals surface area contributed by atoms with Crippen molar-refractivity contribution in [2.45, 2.75) is 32.4 Å². The van der Waals surface area contributed by atoms with Crippen LogP contribution in [0.1, 0.15) is 25.6 Å². The Bertz CT molecular complexity index is 723. The third kappa shape index (κ3) is 4.17. The largest absolute Gasteiger partial charge is 0.461 e. The maximum Gasteiger partial charge on any atom is 0.222 e. The van der Waals surface area contributed by atoms with Crippen molar-refractivity contribution in [2.24, 2.45) is 4.99 Å². The van der Waals surface area contributed by atoms with Crippen LogP contribution in [0.3, 0.4) is 0 Å². The van der Waals surface area contributed by atoms with Crippen LogP contribution in [0.5, 0.6) is 0 Å². The van der Waals surface area contributed by atoms with E-state index in [-0.39, 0.29) is 11.9 Å². The van der Waals surface area contributed by atoms with E-state index in [9.17, 15) is 4.79 Å². The predicted octanol–water partition coefficient (Wildman–Crippen LogP) is 0.741. The highest BCUT2D eigenvalue weighted by molar-refractivity contribution is 5.80. The summed E-state index contributed by atoms with van der Waals surface area (Å²) in [6.45, 7) is 3.84. The first-order valence-corrected chi connectivity index (χ1v) is 8.39. The Morgan fingerprint density at radius 2 is 2.44 bits per heavy atom. The van der Waals surface area contributed by atoms with Gasteiger partial charge in [-0.1, -0.05) is 6.92 Å². The van der Waals surface area contributed by atoms with Gasteiger partial charge in [-0.25, -0.2) is 4.98 Å². The van der Waals surface area contributed by atoms with Crippen molar-refractivity contribution < 1.29 is 9.21 Å². The molecule has 1 unspecified atom stereocenters. The molecular weight excluding hydrogens is 322 g/mol.